The Hall–Kier alpha value is -1.59. The lowest BCUT2D eigenvalue weighted by Crippen LogP contribution is -2.16. The number of anilines is 1. The molecule has 6 heteroatoms. The third-order valence-corrected chi connectivity index (χ3v) is 2.89. The predicted molar refractivity (Wildman–Crippen MR) is 70.9 cm³/mol. The van der Waals surface area contributed by atoms with Crippen molar-refractivity contribution < 1.29 is 0 Å². The Morgan fingerprint density at radius 3 is 2.59 bits per heavy atom. The number of aromatic nitrogens is 2. The van der Waals surface area contributed by atoms with Crippen molar-refractivity contribution in [1.82, 2.24) is 9.55 Å². The van der Waals surface area contributed by atoms with E-state index in [1.54, 1.807) is 16.7 Å². The fraction of sp³-hybridized carbons (Fsp3) is 0.0909. The van der Waals surface area contributed by atoms with Crippen molar-refractivity contribution in [1.29, 1.82) is 0 Å². The first-order chi connectivity index (χ1) is 8.06. The molecular weight excluding hydrogens is 258 g/mol. The zero-order valence-corrected chi connectivity index (χ0v) is 10.4. The number of H-pyrrole nitrogens is 1. The summed E-state index contributed by atoms with van der Waals surface area (Å²) in [5.74, 6) is 0.341. The maximum atomic E-state index is 11.1. The van der Waals surface area contributed by atoms with E-state index in [0.717, 1.165) is 5.56 Å². The highest BCUT2D eigenvalue weighted by atomic mass is 35.5. The van der Waals surface area contributed by atoms with Crippen LogP contribution in [-0.4, -0.2) is 9.55 Å². The molecule has 0 aliphatic carbocycles. The van der Waals surface area contributed by atoms with E-state index in [0.29, 0.717) is 22.2 Å². The first-order valence-electron chi connectivity index (χ1n) is 4.90. The summed E-state index contributed by atoms with van der Waals surface area (Å²) < 4.78 is 1.96. The fourth-order valence-corrected chi connectivity index (χ4v) is 1.87. The second-order valence-corrected chi connectivity index (χ2v) is 4.40. The topological polar surface area (TPSA) is 63.8 Å². The molecule has 17 heavy (non-hydrogen) atoms. The number of nitrogens with one attached hydrogen (secondary N) is 1. The molecule has 0 saturated carbocycles. The average molecular weight is 268 g/mol. The lowest BCUT2D eigenvalue weighted by Gasteiger charge is -2.09. The van der Waals surface area contributed by atoms with Crippen molar-refractivity contribution in [3.05, 3.63) is 56.0 Å². The van der Waals surface area contributed by atoms with Crippen LogP contribution >= 0.6 is 23.8 Å². The van der Waals surface area contributed by atoms with Crippen LogP contribution in [-0.2, 0) is 6.54 Å². The van der Waals surface area contributed by atoms with Gasteiger partial charge in [0.2, 0.25) is 0 Å². The van der Waals surface area contributed by atoms with E-state index < -0.39 is 0 Å². The van der Waals surface area contributed by atoms with Crippen LogP contribution in [0.25, 0.3) is 0 Å². The number of hydrogen-bond donors (Lipinski definition) is 2. The van der Waals surface area contributed by atoms with Crippen LogP contribution in [0.5, 0.6) is 0 Å². The molecule has 0 aliphatic rings. The van der Waals surface area contributed by atoms with Crippen molar-refractivity contribution in [3.8, 4) is 0 Å². The molecule has 4 nitrogen and oxygen atoms in total. The van der Waals surface area contributed by atoms with Crippen molar-refractivity contribution >= 4 is 29.6 Å². The Balaban J connectivity index is 2.40. The van der Waals surface area contributed by atoms with E-state index in [1.165, 1.54) is 6.07 Å². The summed E-state index contributed by atoms with van der Waals surface area (Å²) in [6.45, 7) is 0.499. The van der Waals surface area contributed by atoms with Gasteiger partial charge in [-0.1, -0.05) is 23.7 Å². The third kappa shape index (κ3) is 2.75. The van der Waals surface area contributed by atoms with Gasteiger partial charge in [-0.25, -0.2) is 0 Å². The molecule has 0 unspecified atom stereocenters. The lowest BCUT2D eigenvalue weighted by molar-refractivity contribution is 0.757. The Morgan fingerprint density at radius 2 is 2.00 bits per heavy atom. The van der Waals surface area contributed by atoms with Gasteiger partial charge in [-0.05, 0) is 29.9 Å². The second kappa shape index (κ2) is 4.73. The van der Waals surface area contributed by atoms with E-state index in [4.69, 9.17) is 29.6 Å². The van der Waals surface area contributed by atoms with Gasteiger partial charge in [-0.2, -0.15) is 0 Å². The molecule has 0 radical (unpaired) electrons. The SMILES string of the molecule is Nc1cc(=O)[nH]c(=S)n1Cc1ccc(Cl)cc1. The second-order valence-electron chi connectivity index (χ2n) is 3.58. The zero-order valence-electron chi connectivity index (χ0n) is 8.81. The predicted octanol–water partition coefficient (Wildman–Crippen LogP) is 2.19. The first kappa shape index (κ1) is 11.9. The largest absolute Gasteiger partial charge is 0.385 e. The molecule has 0 aliphatic heterocycles. The van der Waals surface area contributed by atoms with Gasteiger partial charge in [0.15, 0.2) is 4.77 Å². The van der Waals surface area contributed by atoms with E-state index in [-0.39, 0.29) is 5.56 Å². The summed E-state index contributed by atoms with van der Waals surface area (Å²) in [7, 11) is 0. The van der Waals surface area contributed by atoms with Crippen molar-refractivity contribution in [2.24, 2.45) is 0 Å². The number of rotatable bonds is 2. The summed E-state index contributed by atoms with van der Waals surface area (Å²) in [5.41, 5.74) is 6.46. The minimum absolute atomic E-state index is 0.292. The molecular formula is C11H10ClN3OS. The monoisotopic (exact) mass is 267 g/mol. The Morgan fingerprint density at radius 1 is 1.35 bits per heavy atom. The van der Waals surface area contributed by atoms with Crippen LogP contribution in [0.4, 0.5) is 5.82 Å². The highest BCUT2D eigenvalue weighted by Crippen LogP contribution is 2.12. The molecule has 0 fully saturated rings. The lowest BCUT2D eigenvalue weighted by atomic mass is 10.2. The van der Waals surface area contributed by atoms with E-state index in [1.807, 2.05) is 12.1 Å². The molecule has 0 saturated heterocycles. The van der Waals surface area contributed by atoms with Gasteiger partial charge in [0, 0.05) is 11.1 Å². The van der Waals surface area contributed by atoms with Crippen molar-refractivity contribution in [3.63, 3.8) is 0 Å². The maximum Gasteiger partial charge on any atom is 0.253 e. The van der Waals surface area contributed by atoms with Gasteiger partial charge >= 0.3 is 0 Å². The van der Waals surface area contributed by atoms with Gasteiger partial charge in [-0.15, -0.1) is 0 Å². The highest BCUT2D eigenvalue weighted by Gasteiger charge is 2.01. The Labute approximate surface area is 108 Å². The quantitative estimate of drug-likeness (QED) is 0.820. The van der Waals surface area contributed by atoms with Gasteiger partial charge in [0.05, 0.1) is 6.54 Å². The standard InChI is InChI=1S/C11H10ClN3OS/c12-8-3-1-7(2-4-8)6-15-9(13)5-10(16)14-11(15)17/h1-5H,6,13H2,(H,14,16,17). The minimum Gasteiger partial charge on any atom is -0.385 e. The number of aromatic amines is 1. The van der Waals surface area contributed by atoms with Crippen LogP contribution in [0.2, 0.25) is 5.02 Å². The Bertz CT molecular complexity index is 645. The van der Waals surface area contributed by atoms with Gasteiger partial charge in [-0.3, -0.25) is 9.78 Å². The molecule has 88 valence electrons. The Kier molecular flexibility index (Phi) is 3.31. The number of hydrogen-bond acceptors (Lipinski definition) is 3. The van der Waals surface area contributed by atoms with Crippen LogP contribution < -0.4 is 11.3 Å². The number of halogens is 1. The third-order valence-electron chi connectivity index (χ3n) is 2.32. The summed E-state index contributed by atoms with van der Waals surface area (Å²) in [6, 6.07) is 8.67. The van der Waals surface area contributed by atoms with E-state index in [9.17, 15) is 4.79 Å². The summed E-state index contributed by atoms with van der Waals surface area (Å²) in [5, 5.41) is 0.673. The molecule has 1 heterocycles. The number of benzene rings is 1. The molecule has 0 atom stereocenters. The van der Waals surface area contributed by atoms with Crippen molar-refractivity contribution in [2.75, 3.05) is 5.73 Å². The molecule has 1 aromatic heterocycles. The highest BCUT2D eigenvalue weighted by molar-refractivity contribution is 7.71. The summed E-state index contributed by atoms with van der Waals surface area (Å²) >= 11 is 10.9. The molecule has 0 amide bonds. The maximum absolute atomic E-state index is 11.1. The van der Waals surface area contributed by atoms with Gasteiger partial charge < -0.3 is 10.3 Å². The zero-order chi connectivity index (χ0) is 12.4. The van der Waals surface area contributed by atoms with Crippen molar-refractivity contribution in [2.45, 2.75) is 6.54 Å². The smallest absolute Gasteiger partial charge is 0.253 e. The molecule has 2 rings (SSSR count). The fourth-order valence-electron chi connectivity index (χ4n) is 1.47. The molecule has 3 N–H and O–H groups in total. The summed E-state index contributed by atoms with van der Waals surface area (Å²) in [4.78, 5) is 13.7. The van der Waals surface area contributed by atoms with Crippen LogP contribution in [0, 0.1) is 4.77 Å². The van der Waals surface area contributed by atoms with E-state index >= 15 is 0 Å². The van der Waals surface area contributed by atoms with Gasteiger partial charge in [0.1, 0.15) is 5.82 Å². The van der Waals surface area contributed by atoms with Crippen LogP contribution in [0.1, 0.15) is 5.56 Å². The number of nitrogen functional groups attached to an aromatic ring is 1. The minimum atomic E-state index is -0.292. The van der Waals surface area contributed by atoms with Gasteiger partial charge in [0.25, 0.3) is 5.56 Å². The average Bonchev–Trinajstić information content (AvgIpc) is 2.26. The summed E-state index contributed by atoms with van der Waals surface area (Å²) in [6.07, 6.45) is 0. The molecule has 0 spiro atoms. The normalized spacial score (nSPS) is 10.4. The number of nitrogens with two attached hydrogens (primary N) is 1. The van der Waals surface area contributed by atoms with Crippen LogP contribution in [0.3, 0.4) is 0 Å². The van der Waals surface area contributed by atoms with E-state index in [2.05, 4.69) is 4.98 Å². The molecule has 1 aromatic carbocycles. The molecule has 0 bridgehead atoms. The first-order valence-corrected chi connectivity index (χ1v) is 5.69. The molecule has 2 aromatic rings. The number of nitrogens with zero attached hydrogens (tertiary/aromatic N) is 1. The van der Waals surface area contributed by atoms with Crippen LogP contribution in [0.15, 0.2) is 35.1 Å².